The van der Waals surface area contributed by atoms with Crippen LogP contribution in [0.5, 0.6) is 5.75 Å². The molecular weight excluding hydrogens is 508 g/mol. The second-order valence-electron chi connectivity index (χ2n) is 9.00. The number of hydrogen-bond acceptors (Lipinski definition) is 6. The molecule has 0 bridgehead atoms. The molecule has 1 fully saturated rings. The maximum absolute atomic E-state index is 13.8. The van der Waals surface area contributed by atoms with E-state index in [9.17, 15) is 9.18 Å². The largest absolute Gasteiger partial charge is 0.486 e. The lowest BCUT2D eigenvalue weighted by molar-refractivity contribution is 0.0682. The summed E-state index contributed by atoms with van der Waals surface area (Å²) in [6.07, 6.45) is 10.2. The molecule has 2 aliphatic rings. The summed E-state index contributed by atoms with van der Waals surface area (Å²) < 4.78 is 31.2. The fourth-order valence-electron chi connectivity index (χ4n) is 4.72. The maximum Gasteiger partial charge on any atom is 0.410 e. The van der Waals surface area contributed by atoms with E-state index in [4.69, 9.17) is 42.8 Å². The molecule has 1 saturated carbocycles. The number of furan rings is 1. The summed E-state index contributed by atoms with van der Waals surface area (Å²) in [6.45, 7) is 1.17. The zero-order valence-electron chi connectivity index (χ0n) is 19.6. The molecule has 0 spiro atoms. The normalized spacial score (nSPS) is 16.4. The Bertz CT molecular complexity index is 1320. The molecule has 1 aliphatic heterocycles. The smallest absolute Gasteiger partial charge is 0.410 e. The van der Waals surface area contributed by atoms with Crippen molar-refractivity contribution in [1.82, 2.24) is 9.88 Å². The summed E-state index contributed by atoms with van der Waals surface area (Å²) >= 11 is 12.2. The Balaban J connectivity index is 1.29. The minimum atomic E-state index is -0.541. The van der Waals surface area contributed by atoms with Crippen LogP contribution in [0.1, 0.15) is 43.2 Å². The van der Waals surface area contributed by atoms with Crippen molar-refractivity contribution in [1.29, 1.82) is 0 Å². The quantitative estimate of drug-likeness (QED) is 0.357. The second kappa shape index (κ2) is 10.6. The summed E-state index contributed by atoms with van der Waals surface area (Å²) in [5.74, 6) is -0.0555. The number of nitrogens with two attached hydrogens (primary N) is 1. The Kier molecular flexibility index (Phi) is 7.25. The Hall–Kier alpha value is -2.97. The first kappa shape index (κ1) is 24.7. The molecular formula is C26H26Cl2FN3O4. The number of carbonyl (C=O) groups is 1. The van der Waals surface area contributed by atoms with Crippen molar-refractivity contribution in [3.8, 4) is 5.75 Å². The first-order chi connectivity index (χ1) is 17.4. The number of amides is 1. The van der Waals surface area contributed by atoms with Crippen molar-refractivity contribution in [2.45, 2.75) is 44.6 Å². The van der Waals surface area contributed by atoms with E-state index in [1.807, 2.05) is 6.08 Å². The van der Waals surface area contributed by atoms with Crippen LogP contribution in [-0.4, -0.2) is 41.8 Å². The number of anilines is 1. The first-order valence-electron chi connectivity index (χ1n) is 12.0. The average Bonchev–Trinajstić information content (AvgIpc) is 3.55. The Morgan fingerprint density at radius 1 is 1.28 bits per heavy atom. The van der Waals surface area contributed by atoms with E-state index in [0.717, 1.165) is 42.2 Å². The number of nitrogen functional groups attached to an aromatic ring is 1. The van der Waals surface area contributed by atoms with Crippen LogP contribution in [0.4, 0.5) is 15.0 Å². The number of pyridine rings is 1. The molecule has 1 amide bonds. The molecule has 0 unspecified atom stereocenters. The summed E-state index contributed by atoms with van der Waals surface area (Å²) in [7, 11) is 0. The number of ether oxygens (including phenoxy) is 2. The third-order valence-corrected chi connectivity index (χ3v) is 7.48. The van der Waals surface area contributed by atoms with Gasteiger partial charge in [-0.15, -0.1) is 0 Å². The first-order valence-corrected chi connectivity index (χ1v) is 12.7. The highest BCUT2D eigenvalue weighted by atomic mass is 35.5. The highest BCUT2D eigenvalue weighted by Crippen LogP contribution is 2.38. The number of carbonyl (C=O) groups excluding carboxylic acids is 1. The molecule has 1 aromatic carbocycles. The number of aromatic nitrogens is 1. The molecule has 2 N–H and O–H groups in total. The van der Waals surface area contributed by atoms with Gasteiger partial charge in [0.15, 0.2) is 11.4 Å². The van der Waals surface area contributed by atoms with Crippen molar-refractivity contribution >= 4 is 51.7 Å². The van der Waals surface area contributed by atoms with E-state index < -0.39 is 5.82 Å². The summed E-state index contributed by atoms with van der Waals surface area (Å²) in [5.41, 5.74) is 8.93. The van der Waals surface area contributed by atoms with Crippen LogP contribution in [0.2, 0.25) is 10.0 Å². The molecule has 36 heavy (non-hydrogen) atoms. The molecule has 1 aliphatic carbocycles. The summed E-state index contributed by atoms with van der Waals surface area (Å²) in [6, 6.07) is 2.68. The topological polar surface area (TPSA) is 90.8 Å². The number of benzene rings is 1. The van der Waals surface area contributed by atoms with E-state index in [1.54, 1.807) is 17.4 Å². The van der Waals surface area contributed by atoms with E-state index in [0.29, 0.717) is 41.4 Å². The fraction of sp³-hybridized carbons (Fsp3) is 0.385. The highest BCUT2D eigenvalue weighted by Gasteiger charge is 2.26. The molecule has 3 aromatic rings. The van der Waals surface area contributed by atoms with Crippen LogP contribution in [0.25, 0.3) is 16.5 Å². The van der Waals surface area contributed by atoms with Gasteiger partial charge in [0.2, 0.25) is 5.75 Å². The molecule has 0 atom stereocenters. The molecule has 0 radical (unpaired) electrons. The third kappa shape index (κ3) is 4.97. The number of halogens is 3. The number of fused-ring (bicyclic) bond motifs is 1. The standard InChI is InChI=1S/C26H26Cl2FN3O4/c27-20-5-6-21(29)22(28)17(20)9-12-34-24-23-18(13-31-25(24)30)19(14-35-23)15-7-10-32(11-8-15)26(33)36-16-3-1-2-4-16/h5-7,13-14,16H,1-4,8-12H2,(H2,30,31). The third-order valence-electron chi connectivity index (χ3n) is 6.72. The zero-order valence-corrected chi connectivity index (χ0v) is 21.1. The number of nitrogens with zero attached hydrogens (tertiary/aromatic N) is 2. The number of hydrogen-bond donors (Lipinski definition) is 1. The molecule has 190 valence electrons. The Morgan fingerprint density at radius 2 is 2.08 bits per heavy atom. The lowest BCUT2D eigenvalue weighted by Gasteiger charge is -2.27. The van der Waals surface area contributed by atoms with Crippen LogP contribution in [0.15, 0.2) is 35.1 Å². The Morgan fingerprint density at radius 3 is 2.83 bits per heavy atom. The van der Waals surface area contributed by atoms with Gasteiger partial charge in [0.1, 0.15) is 11.9 Å². The molecule has 5 rings (SSSR count). The van der Waals surface area contributed by atoms with Gasteiger partial charge < -0.3 is 24.5 Å². The van der Waals surface area contributed by atoms with Gasteiger partial charge in [-0.05, 0) is 55.4 Å². The van der Waals surface area contributed by atoms with Crippen LogP contribution in [0, 0.1) is 5.82 Å². The van der Waals surface area contributed by atoms with Crippen LogP contribution < -0.4 is 10.5 Å². The van der Waals surface area contributed by atoms with Gasteiger partial charge in [0.25, 0.3) is 0 Å². The average molecular weight is 534 g/mol. The van der Waals surface area contributed by atoms with E-state index in [2.05, 4.69) is 4.98 Å². The van der Waals surface area contributed by atoms with Crippen molar-refractivity contribution in [2.24, 2.45) is 0 Å². The van der Waals surface area contributed by atoms with Gasteiger partial charge in [-0.25, -0.2) is 14.2 Å². The predicted octanol–water partition coefficient (Wildman–Crippen LogP) is 6.65. The van der Waals surface area contributed by atoms with Crippen molar-refractivity contribution in [3.05, 3.63) is 57.7 Å². The van der Waals surface area contributed by atoms with Crippen LogP contribution in [-0.2, 0) is 11.2 Å². The van der Waals surface area contributed by atoms with Crippen LogP contribution >= 0.6 is 23.2 Å². The van der Waals surface area contributed by atoms with Gasteiger partial charge in [0.05, 0.1) is 23.3 Å². The van der Waals surface area contributed by atoms with Gasteiger partial charge in [-0.1, -0.05) is 29.3 Å². The molecule has 3 heterocycles. The van der Waals surface area contributed by atoms with E-state index >= 15 is 0 Å². The SMILES string of the molecule is Nc1ncc2c(C3=CCN(C(=O)OC4CCCC4)CC3)coc2c1OCCc1c(Cl)ccc(F)c1Cl. The molecule has 0 saturated heterocycles. The molecule has 10 heteroatoms. The van der Waals surface area contributed by atoms with Crippen LogP contribution in [0.3, 0.4) is 0 Å². The second-order valence-corrected chi connectivity index (χ2v) is 9.79. The predicted molar refractivity (Wildman–Crippen MR) is 137 cm³/mol. The lowest BCUT2D eigenvalue weighted by atomic mass is 10.00. The monoisotopic (exact) mass is 533 g/mol. The minimum Gasteiger partial charge on any atom is -0.486 e. The zero-order chi connectivity index (χ0) is 25.2. The summed E-state index contributed by atoms with van der Waals surface area (Å²) in [4.78, 5) is 18.5. The van der Waals surface area contributed by atoms with Crippen molar-refractivity contribution < 1.29 is 23.1 Å². The van der Waals surface area contributed by atoms with Gasteiger partial charge in [-0.3, -0.25) is 0 Å². The Labute approximate surface area is 217 Å². The highest BCUT2D eigenvalue weighted by molar-refractivity contribution is 6.36. The van der Waals surface area contributed by atoms with E-state index in [1.165, 1.54) is 12.1 Å². The lowest BCUT2D eigenvalue weighted by Crippen LogP contribution is -2.36. The van der Waals surface area contributed by atoms with E-state index in [-0.39, 0.29) is 36.1 Å². The fourth-order valence-corrected chi connectivity index (χ4v) is 5.28. The van der Waals surface area contributed by atoms with Gasteiger partial charge >= 0.3 is 6.09 Å². The van der Waals surface area contributed by atoms with Crippen molar-refractivity contribution in [3.63, 3.8) is 0 Å². The van der Waals surface area contributed by atoms with Gasteiger partial charge in [0, 0.05) is 36.3 Å². The molecule has 7 nitrogen and oxygen atoms in total. The van der Waals surface area contributed by atoms with Gasteiger partial charge in [-0.2, -0.15) is 0 Å². The number of rotatable bonds is 6. The molecule has 2 aromatic heterocycles. The maximum atomic E-state index is 13.8. The minimum absolute atomic E-state index is 0.0268. The summed E-state index contributed by atoms with van der Waals surface area (Å²) in [5, 5.41) is 1.09. The van der Waals surface area contributed by atoms with Crippen molar-refractivity contribution in [2.75, 3.05) is 25.4 Å².